The molecule has 1 amide bonds. The Labute approximate surface area is 94.7 Å². The lowest BCUT2D eigenvalue weighted by Crippen LogP contribution is -2.35. The number of hydrogen-bond acceptors (Lipinski definition) is 3. The number of rotatable bonds is 5. The van der Waals surface area contributed by atoms with Gasteiger partial charge in [0.25, 0.3) is 5.56 Å². The molecule has 1 rings (SSSR count). The second-order valence-electron chi connectivity index (χ2n) is 3.70. The van der Waals surface area contributed by atoms with E-state index in [2.05, 4.69) is 5.32 Å². The van der Waals surface area contributed by atoms with Gasteiger partial charge in [-0.25, -0.2) is 0 Å². The maximum absolute atomic E-state index is 11.3. The van der Waals surface area contributed by atoms with Gasteiger partial charge in [-0.05, 0) is 6.07 Å². The first-order chi connectivity index (χ1) is 7.61. The van der Waals surface area contributed by atoms with Crippen LogP contribution in [0.25, 0.3) is 0 Å². The van der Waals surface area contributed by atoms with Gasteiger partial charge in [-0.1, -0.05) is 6.07 Å². The average Bonchev–Trinajstić information content (AvgIpc) is 2.26. The molecule has 0 radical (unpaired) electrons. The summed E-state index contributed by atoms with van der Waals surface area (Å²) in [5.41, 5.74) is -0.0248. The van der Waals surface area contributed by atoms with Crippen molar-refractivity contribution >= 4 is 5.91 Å². The number of amides is 1. The maximum atomic E-state index is 11.3. The van der Waals surface area contributed by atoms with Gasteiger partial charge in [-0.2, -0.15) is 0 Å². The Kier molecular flexibility index (Phi) is 4.72. The normalized spacial score (nSPS) is 10.1. The van der Waals surface area contributed by atoms with Crippen molar-refractivity contribution in [3.63, 3.8) is 0 Å². The molecule has 5 heteroatoms. The third-order valence-corrected chi connectivity index (χ3v) is 2.20. The topological polar surface area (TPSA) is 54.3 Å². The van der Waals surface area contributed by atoms with E-state index in [1.165, 1.54) is 11.0 Å². The van der Waals surface area contributed by atoms with Gasteiger partial charge in [0.2, 0.25) is 5.91 Å². The first-order valence-corrected chi connectivity index (χ1v) is 5.17. The quantitative estimate of drug-likeness (QED) is 0.686. The zero-order valence-corrected chi connectivity index (χ0v) is 9.64. The van der Waals surface area contributed by atoms with Crippen LogP contribution >= 0.6 is 0 Å². The molecule has 0 fully saturated rings. The standard InChI is InChI=1S/C11H17N3O2/c1-13(2)11(16)9-12-6-8-14-7-4-3-5-10(14)15/h3-5,7,12H,6,8-9H2,1-2H3. The Morgan fingerprint density at radius 2 is 2.19 bits per heavy atom. The van der Waals surface area contributed by atoms with E-state index < -0.39 is 0 Å². The molecule has 0 spiro atoms. The molecular formula is C11H17N3O2. The molecule has 1 N–H and O–H groups in total. The van der Waals surface area contributed by atoms with Crippen LogP contribution in [0.1, 0.15) is 0 Å². The van der Waals surface area contributed by atoms with Crippen LogP contribution in [-0.2, 0) is 11.3 Å². The Morgan fingerprint density at radius 3 is 2.81 bits per heavy atom. The molecule has 0 atom stereocenters. The summed E-state index contributed by atoms with van der Waals surface area (Å²) in [4.78, 5) is 24.1. The SMILES string of the molecule is CN(C)C(=O)CNCCn1ccccc1=O. The van der Waals surface area contributed by atoms with Gasteiger partial charge < -0.3 is 14.8 Å². The number of carbonyl (C=O) groups is 1. The van der Waals surface area contributed by atoms with E-state index in [9.17, 15) is 9.59 Å². The summed E-state index contributed by atoms with van der Waals surface area (Å²) in [6.45, 7) is 1.47. The van der Waals surface area contributed by atoms with Gasteiger partial charge in [0.1, 0.15) is 0 Å². The summed E-state index contributed by atoms with van der Waals surface area (Å²) < 4.78 is 1.60. The minimum atomic E-state index is -0.0248. The number of nitrogens with one attached hydrogen (secondary N) is 1. The number of aromatic nitrogens is 1. The van der Waals surface area contributed by atoms with E-state index in [-0.39, 0.29) is 11.5 Å². The van der Waals surface area contributed by atoms with Crippen LogP contribution in [0.5, 0.6) is 0 Å². The second-order valence-corrected chi connectivity index (χ2v) is 3.70. The van der Waals surface area contributed by atoms with Crippen LogP contribution in [0.4, 0.5) is 0 Å². The lowest BCUT2D eigenvalue weighted by Gasteiger charge is -2.11. The van der Waals surface area contributed by atoms with E-state index >= 15 is 0 Å². The summed E-state index contributed by atoms with van der Waals surface area (Å²) in [6.07, 6.45) is 1.73. The van der Waals surface area contributed by atoms with Gasteiger partial charge in [0.15, 0.2) is 0 Å². The Morgan fingerprint density at radius 1 is 1.44 bits per heavy atom. The Balaban J connectivity index is 2.29. The third-order valence-electron chi connectivity index (χ3n) is 2.20. The van der Waals surface area contributed by atoms with Gasteiger partial charge in [0, 0.05) is 39.4 Å². The van der Waals surface area contributed by atoms with Crippen LogP contribution in [0.2, 0.25) is 0 Å². The van der Waals surface area contributed by atoms with Crippen molar-refractivity contribution in [3.8, 4) is 0 Å². The van der Waals surface area contributed by atoms with E-state index in [4.69, 9.17) is 0 Å². The fourth-order valence-electron chi connectivity index (χ4n) is 1.20. The molecule has 1 heterocycles. The van der Waals surface area contributed by atoms with Crippen LogP contribution in [-0.4, -0.2) is 42.6 Å². The van der Waals surface area contributed by atoms with Gasteiger partial charge in [0.05, 0.1) is 6.54 Å². The molecule has 0 unspecified atom stereocenters. The van der Waals surface area contributed by atoms with Crippen LogP contribution in [0, 0.1) is 0 Å². The van der Waals surface area contributed by atoms with Crippen LogP contribution in [0.3, 0.4) is 0 Å². The largest absolute Gasteiger partial charge is 0.348 e. The van der Waals surface area contributed by atoms with Crippen molar-refractivity contribution in [1.29, 1.82) is 0 Å². The minimum Gasteiger partial charge on any atom is -0.348 e. The highest BCUT2D eigenvalue weighted by Crippen LogP contribution is 1.81. The molecular weight excluding hydrogens is 206 g/mol. The van der Waals surface area contributed by atoms with Crippen molar-refractivity contribution in [2.75, 3.05) is 27.2 Å². The maximum Gasteiger partial charge on any atom is 0.250 e. The molecule has 1 aromatic heterocycles. The van der Waals surface area contributed by atoms with Crippen molar-refractivity contribution < 1.29 is 4.79 Å². The second kappa shape index (κ2) is 6.07. The minimum absolute atomic E-state index is 0.0248. The summed E-state index contributed by atoms with van der Waals surface area (Å²) in [5.74, 6) is 0.0282. The summed E-state index contributed by atoms with van der Waals surface area (Å²) >= 11 is 0. The highest BCUT2D eigenvalue weighted by Gasteiger charge is 2.01. The van der Waals surface area contributed by atoms with Crippen LogP contribution in [0.15, 0.2) is 29.2 Å². The fourth-order valence-corrected chi connectivity index (χ4v) is 1.20. The zero-order valence-electron chi connectivity index (χ0n) is 9.64. The van der Waals surface area contributed by atoms with Crippen molar-refractivity contribution in [3.05, 3.63) is 34.7 Å². The smallest absolute Gasteiger partial charge is 0.250 e. The lowest BCUT2D eigenvalue weighted by atomic mass is 10.4. The molecule has 0 aliphatic rings. The first-order valence-electron chi connectivity index (χ1n) is 5.17. The van der Waals surface area contributed by atoms with Crippen molar-refractivity contribution in [1.82, 2.24) is 14.8 Å². The molecule has 88 valence electrons. The predicted octanol–water partition coefficient (Wildman–Crippen LogP) is -0.474. The van der Waals surface area contributed by atoms with Crippen LogP contribution < -0.4 is 10.9 Å². The number of likely N-dealkylation sites (N-methyl/N-ethyl adjacent to an activating group) is 1. The molecule has 5 nitrogen and oxygen atoms in total. The van der Waals surface area contributed by atoms with E-state index in [0.29, 0.717) is 19.6 Å². The molecule has 1 aromatic rings. The molecule has 0 aliphatic heterocycles. The first kappa shape index (κ1) is 12.4. The van der Waals surface area contributed by atoms with Crippen molar-refractivity contribution in [2.45, 2.75) is 6.54 Å². The Bertz CT molecular complexity index is 398. The number of nitrogens with zero attached hydrogens (tertiary/aromatic N) is 2. The monoisotopic (exact) mass is 223 g/mol. The lowest BCUT2D eigenvalue weighted by molar-refractivity contribution is -0.127. The van der Waals surface area contributed by atoms with Gasteiger partial charge >= 0.3 is 0 Å². The summed E-state index contributed by atoms with van der Waals surface area (Å²) in [6, 6.07) is 5.04. The third kappa shape index (κ3) is 3.86. The molecule has 0 saturated heterocycles. The molecule has 0 aliphatic carbocycles. The molecule has 0 aromatic carbocycles. The van der Waals surface area contributed by atoms with E-state index in [1.807, 2.05) is 6.07 Å². The molecule has 0 saturated carbocycles. The highest BCUT2D eigenvalue weighted by atomic mass is 16.2. The molecule has 0 bridgehead atoms. The summed E-state index contributed by atoms with van der Waals surface area (Å²) in [5, 5.41) is 2.99. The number of hydrogen-bond donors (Lipinski definition) is 1. The van der Waals surface area contributed by atoms with E-state index in [1.54, 1.807) is 30.9 Å². The molecule has 16 heavy (non-hydrogen) atoms. The number of carbonyl (C=O) groups excluding carboxylic acids is 1. The van der Waals surface area contributed by atoms with Gasteiger partial charge in [-0.3, -0.25) is 9.59 Å². The average molecular weight is 223 g/mol. The van der Waals surface area contributed by atoms with Crippen molar-refractivity contribution in [2.24, 2.45) is 0 Å². The zero-order chi connectivity index (χ0) is 12.0. The number of pyridine rings is 1. The van der Waals surface area contributed by atoms with Gasteiger partial charge in [-0.15, -0.1) is 0 Å². The highest BCUT2D eigenvalue weighted by molar-refractivity contribution is 5.77. The predicted molar refractivity (Wildman–Crippen MR) is 62.3 cm³/mol. The summed E-state index contributed by atoms with van der Waals surface area (Å²) in [7, 11) is 3.43. The fraction of sp³-hybridized carbons (Fsp3) is 0.455. The van der Waals surface area contributed by atoms with E-state index in [0.717, 1.165) is 0 Å². The Hall–Kier alpha value is -1.62.